The summed E-state index contributed by atoms with van der Waals surface area (Å²) in [5, 5.41) is 9.75. The van der Waals surface area contributed by atoms with Crippen molar-refractivity contribution in [2.24, 2.45) is 11.8 Å². The van der Waals surface area contributed by atoms with Crippen molar-refractivity contribution in [2.75, 3.05) is 37.8 Å². The normalized spacial score (nSPS) is 19.2. The molecule has 172 valence electrons. The number of benzene rings is 1. The van der Waals surface area contributed by atoms with E-state index in [0.717, 1.165) is 49.6 Å². The van der Waals surface area contributed by atoms with Crippen molar-refractivity contribution >= 4 is 23.5 Å². The molecule has 0 amide bonds. The Morgan fingerprint density at radius 2 is 1.91 bits per heavy atom. The molecule has 0 saturated carbocycles. The second kappa shape index (κ2) is 10.0. The highest BCUT2D eigenvalue weighted by atomic mass is 35.5. The summed E-state index contributed by atoms with van der Waals surface area (Å²) in [6.45, 7) is 5.81. The number of hydrogen-bond acceptors (Lipinski definition) is 6. The predicted octanol–water partition coefficient (Wildman–Crippen LogP) is 4.19. The molecule has 1 aromatic heterocycles. The Labute approximate surface area is 193 Å². The lowest BCUT2D eigenvalue weighted by atomic mass is 9.76. The van der Waals surface area contributed by atoms with E-state index in [-0.39, 0.29) is 6.42 Å². The smallest absolute Gasteiger partial charge is 0.304 e. The van der Waals surface area contributed by atoms with Crippen LogP contribution in [0.3, 0.4) is 0 Å². The first-order chi connectivity index (χ1) is 15.4. The molecule has 0 bridgehead atoms. The third-order valence-corrected chi connectivity index (χ3v) is 6.98. The van der Waals surface area contributed by atoms with E-state index in [0.29, 0.717) is 36.7 Å². The van der Waals surface area contributed by atoms with E-state index in [9.17, 15) is 9.90 Å². The zero-order chi connectivity index (χ0) is 22.6. The summed E-state index contributed by atoms with van der Waals surface area (Å²) >= 11 is 5.88. The summed E-state index contributed by atoms with van der Waals surface area (Å²) in [6, 6.07) is 7.82. The molecule has 0 aliphatic carbocycles. The monoisotopic (exact) mass is 459 g/mol. The van der Waals surface area contributed by atoms with E-state index >= 15 is 0 Å². The van der Waals surface area contributed by atoms with Crippen molar-refractivity contribution < 1.29 is 19.4 Å². The number of hydrogen-bond donors (Lipinski definition) is 1. The first-order valence-corrected chi connectivity index (χ1v) is 11.6. The molecule has 1 atom stereocenters. The van der Waals surface area contributed by atoms with Crippen LogP contribution in [0.2, 0.25) is 5.02 Å². The number of aromatic nitrogens is 2. The Balaban J connectivity index is 1.21. The van der Waals surface area contributed by atoms with Gasteiger partial charge < -0.3 is 19.5 Å². The lowest BCUT2D eigenvalue weighted by molar-refractivity contribution is -0.145. The summed E-state index contributed by atoms with van der Waals surface area (Å²) in [6.07, 6.45) is 6.63. The zero-order valence-electron chi connectivity index (χ0n) is 18.4. The summed E-state index contributed by atoms with van der Waals surface area (Å²) in [7, 11) is 0. The third-order valence-electron chi connectivity index (χ3n) is 6.79. The molecule has 4 rings (SSSR count). The number of ether oxygens (including phenoxy) is 2. The number of rotatable bonds is 9. The van der Waals surface area contributed by atoms with Crippen LogP contribution in [0.25, 0.3) is 0 Å². The van der Waals surface area contributed by atoms with E-state index in [4.69, 9.17) is 21.1 Å². The molecule has 1 N–H and O–H groups in total. The van der Waals surface area contributed by atoms with E-state index < -0.39 is 11.4 Å². The summed E-state index contributed by atoms with van der Waals surface area (Å²) < 4.78 is 11.3. The van der Waals surface area contributed by atoms with Gasteiger partial charge in [0, 0.05) is 13.1 Å². The second-order valence-electron chi connectivity index (χ2n) is 9.01. The van der Waals surface area contributed by atoms with Crippen molar-refractivity contribution in [3.05, 3.63) is 47.2 Å². The van der Waals surface area contributed by atoms with Crippen LogP contribution < -0.4 is 9.64 Å². The van der Waals surface area contributed by atoms with Crippen molar-refractivity contribution in [2.45, 2.75) is 38.0 Å². The minimum absolute atomic E-state index is 0.0910. The second-order valence-corrected chi connectivity index (χ2v) is 9.44. The van der Waals surface area contributed by atoms with Crippen LogP contribution in [0, 0.1) is 11.8 Å². The molecule has 2 saturated heterocycles. The topological polar surface area (TPSA) is 84.8 Å². The summed E-state index contributed by atoms with van der Waals surface area (Å²) in [5.41, 5.74) is 0.605. The number of nitrogens with zero attached hydrogens (tertiary/aromatic N) is 3. The lowest BCUT2D eigenvalue weighted by Crippen LogP contribution is -2.48. The van der Waals surface area contributed by atoms with Gasteiger partial charge in [0.15, 0.2) is 0 Å². The molecule has 8 heteroatoms. The molecule has 0 unspecified atom stereocenters. The van der Waals surface area contributed by atoms with Crippen LogP contribution in [0.5, 0.6) is 5.75 Å². The number of anilines is 1. The van der Waals surface area contributed by atoms with Gasteiger partial charge in [-0.05, 0) is 48.8 Å². The fourth-order valence-electron chi connectivity index (χ4n) is 4.65. The van der Waals surface area contributed by atoms with Crippen LogP contribution in [-0.2, 0) is 14.9 Å². The average molecular weight is 460 g/mol. The fourth-order valence-corrected chi connectivity index (χ4v) is 4.75. The van der Waals surface area contributed by atoms with Gasteiger partial charge in [0.1, 0.15) is 5.75 Å². The minimum atomic E-state index is -0.797. The van der Waals surface area contributed by atoms with Crippen molar-refractivity contribution in [1.82, 2.24) is 9.97 Å². The SMILES string of the molecule is C[C@H](CCOc1ccc(C2(CC(=O)O)COC2)cc1)C1CCN(c2ncc(Cl)cn2)CC1. The van der Waals surface area contributed by atoms with Crippen LogP contribution in [0.4, 0.5) is 5.95 Å². The maximum Gasteiger partial charge on any atom is 0.304 e. The van der Waals surface area contributed by atoms with Gasteiger partial charge in [-0.2, -0.15) is 0 Å². The highest BCUT2D eigenvalue weighted by Crippen LogP contribution is 2.36. The first kappa shape index (κ1) is 22.8. The standard InChI is InChI=1S/C24H30ClN3O4/c1-17(18-6-9-28(10-7-18)23-26-13-20(25)14-27-23)8-11-32-21-4-2-19(3-5-21)24(12-22(29)30)15-31-16-24/h2-5,13-14,17-18H,6-12,15-16H2,1H3,(H,29,30)/t17-/m1/s1. The quantitative estimate of drug-likeness (QED) is 0.601. The molecular formula is C24H30ClN3O4. The van der Waals surface area contributed by atoms with Gasteiger partial charge in [0.25, 0.3) is 0 Å². The fraction of sp³-hybridized carbons (Fsp3) is 0.542. The number of halogens is 1. The van der Waals surface area contributed by atoms with Crippen LogP contribution in [-0.4, -0.2) is 54.0 Å². The predicted molar refractivity (Wildman–Crippen MR) is 122 cm³/mol. The molecule has 0 radical (unpaired) electrons. The Hall–Kier alpha value is -2.38. The van der Waals surface area contributed by atoms with E-state index in [2.05, 4.69) is 21.8 Å². The zero-order valence-corrected chi connectivity index (χ0v) is 19.1. The largest absolute Gasteiger partial charge is 0.494 e. The van der Waals surface area contributed by atoms with Crippen molar-refractivity contribution in [3.63, 3.8) is 0 Å². The van der Waals surface area contributed by atoms with Gasteiger partial charge in [-0.3, -0.25) is 4.79 Å². The number of carbonyl (C=O) groups is 1. The number of aliphatic carboxylic acids is 1. The highest BCUT2D eigenvalue weighted by molar-refractivity contribution is 6.30. The van der Waals surface area contributed by atoms with Gasteiger partial charge in [-0.15, -0.1) is 0 Å². The third kappa shape index (κ3) is 5.33. The van der Waals surface area contributed by atoms with Gasteiger partial charge in [-0.1, -0.05) is 30.7 Å². The van der Waals surface area contributed by atoms with E-state index in [1.165, 1.54) is 0 Å². The molecule has 2 aromatic rings. The van der Waals surface area contributed by atoms with Crippen LogP contribution >= 0.6 is 11.6 Å². The summed E-state index contributed by atoms with van der Waals surface area (Å²) in [5.74, 6) is 2.02. The molecule has 2 aliphatic heterocycles. The molecule has 32 heavy (non-hydrogen) atoms. The van der Waals surface area contributed by atoms with Crippen molar-refractivity contribution in [3.8, 4) is 5.75 Å². The summed E-state index contributed by atoms with van der Waals surface area (Å²) in [4.78, 5) is 22.1. The maximum atomic E-state index is 11.2. The number of carboxylic acids is 1. The molecule has 3 heterocycles. The molecular weight excluding hydrogens is 430 g/mol. The van der Waals surface area contributed by atoms with E-state index in [1.807, 2.05) is 24.3 Å². The Morgan fingerprint density at radius 3 is 2.47 bits per heavy atom. The van der Waals surface area contributed by atoms with Crippen molar-refractivity contribution in [1.29, 1.82) is 0 Å². The number of piperidine rings is 1. The Bertz CT molecular complexity index is 894. The molecule has 2 fully saturated rings. The van der Waals surface area contributed by atoms with Gasteiger partial charge in [-0.25, -0.2) is 9.97 Å². The van der Waals surface area contributed by atoms with E-state index in [1.54, 1.807) is 12.4 Å². The Morgan fingerprint density at radius 1 is 1.25 bits per heavy atom. The van der Waals surface area contributed by atoms with Crippen LogP contribution in [0.1, 0.15) is 38.2 Å². The van der Waals surface area contributed by atoms with Crippen LogP contribution in [0.15, 0.2) is 36.7 Å². The molecule has 1 aromatic carbocycles. The highest BCUT2D eigenvalue weighted by Gasteiger charge is 2.42. The first-order valence-electron chi connectivity index (χ1n) is 11.2. The lowest BCUT2D eigenvalue weighted by Gasteiger charge is -2.40. The minimum Gasteiger partial charge on any atom is -0.494 e. The number of carboxylic acid groups (broad SMARTS) is 1. The average Bonchev–Trinajstić information content (AvgIpc) is 2.77. The molecule has 0 spiro atoms. The molecule has 2 aliphatic rings. The van der Waals surface area contributed by atoms with Gasteiger partial charge >= 0.3 is 5.97 Å². The Kier molecular flexibility index (Phi) is 7.16. The van der Waals surface area contributed by atoms with Gasteiger partial charge in [0.2, 0.25) is 5.95 Å². The maximum absolute atomic E-state index is 11.2. The molecule has 7 nitrogen and oxygen atoms in total. The van der Waals surface area contributed by atoms with Gasteiger partial charge in [0.05, 0.1) is 49.1 Å².